The van der Waals surface area contributed by atoms with E-state index in [2.05, 4.69) is 4.72 Å². The number of methoxy groups -OCH3 is 1. The number of Topliss-reactive ketones (excluding diaryl/α,β-unsaturated/α-hetero) is 1. The van der Waals surface area contributed by atoms with Gasteiger partial charge in [0.25, 0.3) is 15.8 Å². The van der Waals surface area contributed by atoms with Gasteiger partial charge in [0.1, 0.15) is 5.75 Å². The topological polar surface area (TPSA) is 162 Å². The minimum absolute atomic E-state index is 0.0132. The van der Waals surface area contributed by atoms with Crippen molar-refractivity contribution in [2.45, 2.75) is 36.9 Å². The van der Waals surface area contributed by atoms with E-state index >= 15 is 0 Å². The fraction of sp³-hybridized carbons (Fsp3) is 0.250. The Labute approximate surface area is 219 Å². The molecular weight excluding hydrogens is 549 g/mol. The first-order valence-corrected chi connectivity index (χ1v) is 12.5. The summed E-state index contributed by atoms with van der Waals surface area (Å²) in [6.45, 7) is 2.67. The number of rotatable bonds is 9. The van der Waals surface area contributed by atoms with Gasteiger partial charge in [-0.1, -0.05) is 24.3 Å². The number of esters is 1. The molecular formula is C24H21F3N2O9S. The largest absolute Gasteiger partial charge is 0.507 e. The lowest BCUT2D eigenvalue weighted by Gasteiger charge is -2.21. The van der Waals surface area contributed by atoms with E-state index in [1.807, 2.05) is 0 Å². The minimum atomic E-state index is -5.51. The third kappa shape index (κ3) is 6.03. The molecule has 208 valence electrons. The maximum Gasteiger partial charge on any atom is 0.451 e. The third-order valence-electron chi connectivity index (χ3n) is 5.39. The molecule has 0 aromatic heterocycles. The molecule has 2 N–H and O–H groups in total. The minimum Gasteiger partial charge on any atom is -0.507 e. The number of benzene rings is 3. The lowest BCUT2D eigenvalue weighted by molar-refractivity contribution is -0.386. The zero-order valence-electron chi connectivity index (χ0n) is 20.5. The molecule has 0 heterocycles. The predicted octanol–water partition coefficient (Wildman–Crippen LogP) is 4.43. The summed E-state index contributed by atoms with van der Waals surface area (Å²) in [5.74, 6) is -7.94. The standard InChI is InChI=1S/C24H21F3N2O9S/c1-12(2)38-23(32)20(22(31)24(25,26)27)16-11-17(14-6-4-5-7-15(14)21(16)30)28-39(35,36)13-8-9-19(37-3)18(10-13)29(33)34/h4-12,20,28,30H,1-3H3. The lowest BCUT2D eigenvalue weighted by Crippen LogP contribution is -2.35. The second-order valence-electron chi connectivity index (χ2n) is 8.38. The summed E-state index contributed by atoms with van der Waals surface area (Å²) < 4.78 is 78.6. The molecule has 0 fully saturated rings. The molecule has 0 saturated heterocycles. The molecule has 0 aliphatic heterocycles. The molecule has 0 aliphatic rings. The Bertz CT molecular complexity index is 1570. The van der Waals surface area contributed by atoms with Crippen molar-refractivity contribution in [2.75, 3.05) is 11.8 Å². The van der Waals surface area contributed by atoms with Gasteiger partial charge in [0, 0.05) is 22.4 Å². The highest BCUT2D eigenvalue weighted by atomic mass is 32.2. The number of carbonyl (C=O) groups is 2. The number of halogens is 3. The number of hydrogen-bond donors (Lipinski definition) is 2. The Kier molecular flexibility index (Phi) is 8.05. The zero-order valence-corrected chi connectivity index (χ0v) is 21.3. The number of nitrogens with one attached hydrogen (secondary N) is 1. The monoisotopic (exact) mass is 570 g/mol. The van der Waals surface area contributed by atoms with Crippen molar-refractivity contribution in [1.82, 2.24) is 0 Å². The normalized spacial score (nSPS) is 12.7. The van der Waals surface area contributed by atoms with E-state index in [-0.39, 0.29) is 16.5 Å². The Balaban J connectivity index is 2.25. The summed E-state index contributed by atoms with van der Waals surface area (Å²) in [5.41, 5.74) is -1.96. The van der Waals surface area contributed by atoms with Gasteiger partial charge in [0.05, 0.1) is 28.7 Å². The van der Waals surface area contributed by atoms with Crippen molar-refractivity contribution < 1.29 is 50.7 Å². The van der Waals surface area contributed by atoms with E-state index in [1.54, 1.807) is 0 Å². The fourth-order valence-corrected chi connectivity index (χ4v) is 4.80. The van der Waals surface area contributed by atoms with E-state index in [0.29, 0.717) is 12.1 Å². The molecule has 3 rings (SSSR count). The molecule has 3 aromatic carbocycles. The van der Waals surface area contributed by atoms with Gasteiger partial charge in [-0.15, -0.1) is 0 Å². The molecule has 11 nitrogen and oxygen atoms in total. The Morgan fingerprint density at radius 3 is 2.23 bits per heavy atom. The highest BCUT2D eigenvalue weighted by molar-refractivity contribution is 7.92. The highest BCUT2D eigenvalue weighted by Crippen LogP contribution is 2.42. The smallest absolute Gasteiger partial charge is 0.451 e. The van der Waals surface area contributed by atoms with Crippen LogP contribution in [-0.2, 0) is 24.3 Å². The van der Waals surface area contributed by atoms with Gasteiger partial charge < -0.3 is 14.6 Å². The summed E-state index contributed by atoms with van der Waals surface area (Å²) in [4.78, 5) is 34.8. The lowest BCUT2D eigenvalue weighted by atomic mass is 9.90. The molecule has 0 saturated carbocycles. The van der Waals surface area contributed by atoms with Crippen molar-refractivity contribution in [1.29, 1.82) is 0 Å². The van der Waals surface area contributed by atoms with Gasteiger partial charge in [-0.3, -0.25) is 24.4 Å². The maximum absolute atomic E-state index is 13.5. The van der Waals surface area contributed by atoms with E-state index in [9.17, 15) is 46.4 Å². The quantitative estimate of drug-likeness (QED) is 0.125. The van der Waals surface area contributed by atoms with E-state index < -0.39 is 72.5 Å². The van der Waals surface area contributed by atoms with Gasteiger partial charge in [0.2, 0.25) is 0 Å². The van der Waals surface area contributed by atoms with Crippen molar-refractivity contribution in [2.24, 2.45) is 0 Å². The van der Waals surface area contributed by atoms with Crippen molar-refractivity contribution in [3.8, 4) is 11.5 Å². The van der Waals surface area contributed by atoms with Gasteiger partial charge in [-0.25, -0.2) is 8.42 Å². The molecule has 1 unspecified atom stereocenters. The second-order valence-corrected chi connectivity index (χ2v) is 10.1. The number of anilines is 1. The number of aromatic hydroxyl groups is 1. The molecule has 0 aliphatic carbocycles. The van der Waals surface area contributed by atoms with Crippen molar-refractivity contribution in [3.05, 3.63) is 64.2 Å². The van der Waals surface area contributed by atoms with Crippen LogP contribution in [0.15, 0.2) is 53.4 Å². The van der Waals surface area contributed by atoms with Gasteiger partial charge in [-0.2, -0.15) is 13.2 Å². The van der Waals surface area contributed by atoms with Gasteiger partial charge in [-0.05, 0) is 32.0 Å². The number of phenols is 1. The first kappa shape index (κ1) is 29.2. The van der Waals surface area contributed by atoms with Crippen LogP contribution in [0.25, 0.3) is 10.8 Å². The number of nitro groups is 1. The molecule has 0 radical (unpaired) electrons. The Morgan fingerprint density at radius 1 is 1.08 bits per heavy atom. The summed E-state index contributed by atoms with van der Waals surface area (Å²) in [6, 6.07) is 8.81. The molecule has 0 amide bonds. The summed E-state index contributed by atoms with van der Waals surface area (Å²) in [7, 11) is -3.50. The molecule has 0 spiro atoms. The van der Waals surface area contributed by atoms with Crippen LogP contribution in [0.2, 0.25) is 0 Å². The van der Waals surface area contributed by atoms with Gasteiger partial charge in [0.15, 0.2) is 11.7 Å². The van der Waals surface area contributed by atoms with Crippen LogP contribution in [0.5, 0.6) is 11.5 Å². The summed E-state index contributed by atoms with van der Waals surface area (Å²) >= 11 is 0. The zero-order chi connectivity index (χ0) is 29.3. The van der Waals surface area contributed by atoms with E-state index in [1.165, 1.54) is 38.1 Å². The first-order valence-electron chi connectivity index (χ1n) is 11.0. The van der Waals surface area contributed by atoms with Crippen molar-refractivity contribution in [3.63, 3.8) is 0 Å². The first-order chi connectivity index (χ1) is 18.1. The second kappa shape index (κ2) is 10.8. The number of fused-ring (bicyclic) bond motifs is 1. The Morgan fingerprint density at radius 2 is 1.69 bits per heavy atom. The number of ether oxygens (including phenoxy) is 2. The molecule has 39 heavy (non-hydrogen) atoms. The molecule has 0 bridgehead atoms. The third-order valence-corrected chi connectivity index (χ3v) is 6.75. The van der Waals surface area contributed by atoms with Crippen LogP contribution in [0.1, 0.15) is 25.3 Å². The summed E-state index contributed by atoms with van der Waals surface area (Å²) in [6.07, 6.45) is -6.44. The molecule has 15 heteroatoms. The van der Waals surface area contributed by atoms with Crippen LogP contribution in [0.4, 0.5) is 24.5 Å². The predicted molar refractivity (Wildman–Crippen MR) is 131 cm³/mol. The van der Waals surface area contributed by atoms with Crippen LogP contribution < -0.4 is 9.46 Å². The van der Waals surface area contributed by atoms with Crippen molar-refractivity contribution >= 4 is 43.9 Å². The number of sulfonamides is 1. The van der Waals surface area contributed by atoms with Crippen LogP contribution in [-0.4, -0.2) is 49.6 Å². The number of alkyl halides is 3. The van der Waals surface area contributed by atoms with E-state index in [4.69, 9.17) is 9.47 Å². The Hall–Kier alpha value is -4.40. The number of phenolic OH excluding ortho intramolecular Hbond substituents is 1. The van der Waals surface area contributed by atoms with E-state index in [0.717, 1.165) is 19.2 Å². The fourth-order valence-electron chi connectivity index (χ4n) is 3.71. The number of nitrogens with zero attached hydrogens (tertiary/aromatic N) is 1. The highest BCUT2D eigenvalue weighted by Gasteiger charge is 2.49. The number of hydrogen-bond acceptors (Lipinski definition) is 9. The average molecular weight is 570 g/mol. The van der Waals surface area contributed by atoms with Gasteiger partial charge >= 0.3 is 17.8 Å². The number of carbonyl (C=O) groups excluding carboxylic acids is 2. The van der Waals surface area contributed by atoms with Crippen LogP contribution >= 0.6 is 0 Å². The number of ketones is 1. The molecule has 3 aromatic rings. The SMILES string of the molecule is COc1ccc(S(=O)(=O)Nc2cc(C(C(=O)OC(C)C)C(=O)C(F)(F)F)c(O)c3ccccc23)cc1[N+](=O)[O-]. The molecule has 1 atom stereocenters. The average Bonchev–Trinajstić information content (AvgIpc) is 2.85. The van der Waals surface area contributed by atoms with Crippen LogP contribution in [0.3, 0.4) is 0 Å². The maximum atomic E-state index is 13.5. The van der Waals surface area contributed by atoms with Crippen LogP contribution in [0, 0.1) is 10.1 Å². The number of nitro benzene ring substituents is 1. The summed E-state index contributed by atoms with van der Waals surface area (Å²) in [5, 5.41) is 22.0.